The molecule has 0 radical (unpaired) electrons. The summed E-state index contributed by atoms with van der Waals surface area (Å²) in [6, 6.07) is 6.00. The molecule has 8 heteroatoms. The zero-order chi connectivity index (χ0) is 20.1. The number of ether oxygens (including phenoxy) is 1. The average Bonchev–Trinajstić information content (AvgIpc) is 3.09. The van der Waals surface area contributed by atoms with Gasteiger partial charge in [-0.3, -0.25) is 9.59 Å². The zero-order valence-electron chi connectivity index (χ0n) is 16.0. The number of benzene rings is 1. The fraction of sp³-hybridized carbons (Fsp3) is 0.550. The quantitative estimate of drug-likeness (QED) is 0.832. The number of carbonyl (C=O) groups is 3. The van der Waals surface area contributed by atoms with Crippen molar-refractivity contribution < 1.29 is 23.5 Å². The van der Waals surface area contributed by atoms with Gasteiger partial charge in [0.15, 0.2) is 0 Å². The van der Waals surface area contributed by atoms with E-state index in [2.05, 4.69) is 5.32 Å². The average molecular weight is 391 g/mol. The number of likely N-dealkylation sites (tertiary alicyclic amines) is 2. The van der Waals surface area contributed by atoms with Crippen LogP contribution in [0.3, 0.4) is 0 Å². The minimum Gasteiger partial charge on any atom is -0.450 e. The van der Waals surface area contributed by atoms with Crippen molar-refractivity contribution in [2.24, 2.45) is 5.92 Å². The molecule has 1 atom stereocenters. The second-order valence-electron chi connectivity index (χ2n) is 7.21. The highest BCUT2D eigenvalue weighted by molar-refractivity contribution is 5.89. The van der Waals surface area contributed by atoms with Crippen LogP contribution in [0.1, 0.15) is 31.7 Å². The Morgan fingerprint density at radius 3 is 2.54 bits per heavy atom. The molecule has 3 amide bonds. The highest BCUT2D eigenvalue weighted by Crippen LogP contribution is 2.26. The first-order valence-corrected chi connectivity index (χ1v) is 9.71. The highest BCUT2D eigenvalue weighted by Gasteiger charge is 2.39. The molecule has 2 fully saturated rings. The predicted molar refractivity (Wildman–Crippen MR) is 99.7 cm³/mol. The summed E-state index contributed by atoms with van der Waals surface area (Å²) < 4.78 is 18.0. The Bertz CT molecular complexity index is 717. The maximum Gasteiger partial charge on any atom is 0.409 e. The summed E-state index contributed by atoms with van der Waals surface area (Å²) >= 11 is 0. The van der Waals surface area contributed by atoms with Crippen LogP contribution in [0.2, 0.25) is 0 Å². The molecule has 0 spiro atoms. The van der Waals surface area contributed by atoms with Crippen LogP contribution >= 0.6 is 0 Å². The van der Waals surface area contributed by atoms with E-state index in [9.17, 15) is 18.8 Å². The van der Waals surface area contributed by atoms with Gasteiger partial charge in [-0.15, -0.1) is 0 Å². The van der Waals surface area contributed by atoms with Crippen LogP contribution in [0.5, 0.6) is 0 Å². The SMILES string of the molecule is CCOC(=O)N1CCC(N2CC(C(=O)NCc3ccc(F)cc3)CC2=O)CC1. The van der Waals surface area contributed by atoms with Gasteiger partial charge in [0, 0.05) is 38.6 Å². The lowest BCUT2D eigenvalue weighted by Crippen LogP contribution is -2.47. The number of halogens is 1. The Morgan fingerprint density at radius 2 is 1.89 bits per heavy atom. The smallest absolute Gasteiger partial charge is 0.409 e. The van der Waals surface area contributed by atoms with Crippen molar-refractivity contribution >= 4 is 17.9 Å². The van der Waals surface area contributed by atoms with Crippen molar-refractivity contribution in [2.45, 2.75) is 38.8 Å². The van der Waals surface area contributed by atoms with E-state index in [1.807, 2.05) is 0 Å². The maximum atomic E-state index is 12.9. The second kappa shape index (κ2) is 9.03. The molecule has 7 nitrogen and oxygen atoms in total. The lowest BCUT2D eigenvalue weighted by molar-refractivity contribution is -0.131. The molecular weight excluding hydrogens is 365 g/mol. The topological polar surface area (TPSA) is 79.0 Å². The Morgan fingerprint density at radius 1 is 1.21 bits per heavy atom. The molecule has 0 aliphatic carbocycles. The summed E-state index contributed by atoms with van der Waals surface area (Å²) in [6.07, 6.45) is 1.27. The lowest BCUT2D eigenvalue weighted by atomic mass is 10.0. The Kier molecular flexibility index (Phi) is 6.49. The monoisotopic (exact) mass is 391 g/mol. The van der Waals surface area contributed by atoms with Gasteiger partial charge in [0.1, 0.15) is 5.82 Å². The molecule has 2 aliphatic rings. The van der Waals surface area contributed by atoms with Gasteiger partial charge in [-0.05, 0) is 37.5 Å². The van der Waals surface area contributed by atoms with Crippen molar-refractivity contribution in [2.75, 3.05) is 26.2 Å². The van der Waals surface area contributed by atoms with Gasteiger partial charge < -0.3 is 19.9 Å². The second-order valence-corrected chi connectivity index (χ2v) is 7.21. The van der Waals surface area contributed by atoms with Gasteiger partial charge in [0.25, 0.3) is 0 Å². The third-order valence-electron chi connectivity index (χ3n) is 5.34. The summed E-state index contributed by atoms with van der Waals surface area (Å²) in [4.78, 5) is 40.1. The molecule has 0 saturated carbocycles. The minimum atomic E-state index is -0.379. The van der Waals surface area contributed by atoms with Gasteiger partial charge >= 0.3 is 6.09 Å². The number of nitrogens with one attached hydrogen (secondary N) is 1. The van der Waals surface area contributed by atoms with Gasteiger partial charge in [-0.1, -0.05) is 12.1 Å². The van der Waals surface area contributed by atoms with Gasteiger partial charge in [-0.25, -0.2) is 9.18 Å². The molecular formula is C20H26FN3O4. The van der Waals surface area contributed by atoms with Crippen molar-refractivity contribution in [3.05, 3.63) is 35.6 Å². The summed E-state index contributed by atoms with van der Waals surface area (Å²) in [5.74, 6) is -0.877. The highest BCUT2D eigenvalue weighted by atomic mass is 19.1. The summed E-state index contributed by atoms with van der Waals surface area (Å²) in [5.41, 5.74) is 0.808. The lowest BCUT2D eigenvalue weighted by Gasteiger charge is -2.36. The maximum absolute atomic E-state index is 12.9. The number of piperidine rings is 1. The van der Waals surface area contributed by atoms with Crippen molar-refractivity contribution in [1.82, 2.24) is 15.1 Å². The number of hydrogen-bond donors (Lipinski definition) is 1. The Labute approximate surface area is 163 Å². The molecule has 152 valence electrons. The van der Waals surface area contributed by atoms with Gasteiger partial charge in [-0.2, -0.15) is 0 Å². The molecule has 1 aromatic rings. The minimum absolute atomic E-state index is 0.0171. The predicted octanol–water partition coefficient (Wildman–Crippen LogP) is 1.91. The van der Waals surface area contributed by atoms with E-state index in [-0.39, 0.29) is 42.1 Å². The van der Waals surface area contributed by atoms with E-state index in [4.69, 9.17) is 4.74 Å². The van der Waals surface area contributed by atoms with E-state index in [0.717, 1.165) is 5.56 Å². The Balaban J connectivity index is 1.47. The zero-order valence-corrected chi connectivity index (χ0v) is 16.0. The van der Waals surface area contributed by atoms with Crippen molar-refractivity contribution in [3.8, 4) is 0 Å². The van der Waals surface area contributed by atoms with Crippen LogP contribution in [-0.2, 0) is 20.9 Å². The number of hydrogen-bond acceptors (Lipinski definition) is 4. The first kappa shape index (κ1) is 20.1. The number of amides is 3. The molecule has 1 N–H and O–H groups in total. The van der Waals surface area contributed by atoms with Crippen LogP contribution in [0.25, 0.3) is 0 Å². The molecule has 3 rings (SSSR count). The van der Waals surface area contributed by atoms with Crippen LogP contribution in [0.4, 0.5) is 9.18 Å². The van der Waals surface area contributed by atoms with E-state index >= 15 is 0 Å². The van der Waals surface area contributed by atoms with Crippen LogP contribution < -0.4 is 5.32 Å². The van der Waals surface area contributed by atoms with E-state index in [0.29, 0.717) is 45.6 Å². The molecule has 2 heterocycles. The summed E-state index contributed by atoms with van der Waals surface area (Å²) in [5, 5.41) is 2.83. The molecule has 1 aromatic carbocycles. The first-order chi connectivity index (χ1) is 13.5. The number of rotatable bonds is 5. The fourth-order valence-electron chi connectivity index (χ4n) is 3.77. The summed E-state index contributed by atoms with van der Waals surface area (Å²) in [7, 11) is 0. The molecule has 0 bridgehead atoms. The molecule has 2 aliphatic heterocycles. The molecule has 1 unspecified atom stereocenters. The number of carbonyl (C=O) groups excluding carboxylic acids is 3. The van der Waals surface area contributed by atoms with Crippen LogP contribution in [-0.4, -0.2) is 60.0 Å². The standard InChI is InChI=1S/C20H26FN3O4/c1-2-28-20(27)23-9-7-17(8-10-23)24-13-15(11-18(24)25)19(26)22-12-14-3-5-16(21)6-4-14/h3-6,15,17H,2,7-13H2,1H3,(H,22,26). The summed E-state index contributed by atoms with van der Waals surface area (Å²) in [6.45, 7) is 3.93. The van der Waals surface area contributed by atoms with Gasteiger partial charge in [0.2, 0.25) is 11.8 Å². The molecule has 0 aromatic heterocycles. The van der Waals surface area contributed by atoms with Crippen LogP contribution in [0, 0.1) is 11.7 Å². The van der Waals surface area contributed by atoms with E-state index in [1.165, 1.54) is 12.1 Å². The largest absolute Gasteiger partial charge is 0.450 e. The fourth-order valence-corrected chi connectivity index (χ4v) is 3.77. The first-order valence-electron chi connectivity index (χ1n) is 9.71. The molecule has 2 saturated heterocycles. The third-order valence-corrected chi connectivity index (χ3v) is 5.34. The van der Waals surface area contributed by atoms with Crippen molar-refractivity contribution in [1.29, 1.82) is 0 Å². The third kappa shape index (κ3) is 4.79. The Hall–Kier alpha value is -2.64. The van der Waals surface area contributed by atoms with E-state index in [1.54, 1.807) is 28.9 Å². The normalized spacial score (nSPS) is 20.4. The molecule has 28 heavy (non-hydrogen) atoms. The van der Waals surface area contributed by atoms with Crippen LogP contribution in [0.15, 0.2) is 24.3 Å². The number of nitrogens with zero attached hydrogens (tertiary/aromatic N) is 2. The van der Waals surface area contributed by atoms with Crippen molar-refractivity contribution in [3.63, 3.8) is 0 Å². The van der Waals surface area contributed by atoms with E-state index < -0.39 is 0 Å². The van der Waals surface area contributed by atoms with Gasteiger partial charge in [0.05, 0.1) is 12.5 Å².